The van der Waals surface area contributed by atoms with Crippen molar-refractivity contribution in [3.63, 3.8) is 0 Å². The van der Waals surface area contributed by atoms with Gasteiger partial charge in [-0.2, -0.15) is 13.2 Å². The van der Waals surface area contributed by atoms with Crippen molar-refractivity contribution in [2.45, 2.75) is 25.8 Å². The molecule has 9 heteroatoms. The standard InChI is InChI=1S/C32H26F3NO5/c1-39-23-12-14-24(15-13-23)40-30-28(38)25-16-17-27(37)26(29(25)41-31(30)32(33,34)35)20-36(18-21-8-4-2-5-9-21)19-22-10-6-3-7-11-22/h2-17,37H,18-20H2,1H3. The van der Waals surface area contributed by atoms with E-state index >= 15 is 0 Å². The van der Waals surface area contributed by atoms with E-state index in [1.165, 1.54) is 43.5 Å². The molecule has 5 rings (SSSR count). The Kier molecular flexibility index (Phi) is 7.98. The van der Waals surface area contributed by atoms with Crippen molar-refractivity contribution in [3.8, 4) is 23.0 Å². The van der Waals surface area contributed by atoms with E-state index in [9.17, 15) is 23.1 Å². The van der Waals surface area contributed by atoms with E-state index in [1.807, 2.05) is 65.6 Å². The number of benzene rings is 4. The molecule has 41 heavy (non-hydrogen) atoms. The maximum atomic E-state index is 14.2. The van der Waals surface area contributed by atoms with Gasteiger partial charge in [0.2, 0.25) is 11.2 Å². The highest BCUT2D eigenvalue weighted by Crippen LogP contribution is 2.40. The average Bonchev–Trinajstić information content (AvgIpc) is 2.96. The summed E-state index contributed by atoms with van der Waals surface area (Å²) in [6.07, 6.45) is -5.05. The Balaban J connectivity index is 1.60. The number of ether oxygens (including phenoxy) is 2. The van der Waals surface area contributed by atoms with Crippen LogP contribution < -0.4 is 14.9 Å². The first-order valence-corrected chi connectivity index (χ1v) is 12.7. The predicted molar refractivity (Wildman–Crippen MR) is 148 cm³/mol. The number of nitrogens with zero attached hydrogens (tertiary/aromatic N) is 1. The van der Waals surface area contributed by atoms with Gasteiger partial charge in [-0.1, -0.05) is 60.7 Å². The highest BCUT2D eigenvalue weighted by molar-refractivity contribution is 5.83. The van der Waals surface area contributed by atoms with E-state index in [2.05, 4.69) is 0 Å². The van der Waals surface area contributed by atoms with Gasteiger partial charge in [0.1, 0.15) is 22.8 Å². The Labute approximate surface area is 233 Å². The van der Waals surface area contributed by atoms with Crippen LogP contribution in [0.1, 0.15) is 22.5 Å². The number of hydrogen-bond acceptors (Lipinski definition) is 6. The van der Waals surface area contributed by atoms with Gasteiger partial charge in [-0.15, -0.1) is 0 Å². The lowest BCUT2D eigenvalue weighted by atomic mass is 10.1. The molecule has 0 spiro atoms. The lowest BCUT2D eigenvalue weighted by molar-refractivity contribution is -0.154. The lowest BCUT2D eigenvalue weighted by Crippen LogP contribution is -2.23. The number of phenolic OH excluding ortho intramolecular Hbond substituents is 1. The molecular weight excluding hydrogens is 535 g/mol. The summed E-state index contributed by atoms with van der Waals surface area (Å²) in [6, 6.07) is 27.4. The number of alkyl halides is 3. The van der Waals surface area contributed by atoms with Crippen LogP contribution >= 0.6 is 0 Å². The molecule has 0 aliphatic rings. The number of methoxy groups -OCH3 is 1. The fourth-order valence-electron chi connectivity index (χ4n) is 4.55. The molecule has 0 amide bonds. The fourth-order valence-corrected chi connectivity index (χ4v) is 4.55. The van der Waals surface area contributed by atoms with Crippen LogP contribution in [0.25, 0.3) is 11.0 Å². The zero-order valence-electron chi connectivity index (χ0n) is 22.0. The van der Waals surface area contributed by atoms with Crippen LogP contribution in [0.3, 0.4) is 0 Å². The first-order chi connectivity index (χ1) is 19.7. The van der Waals surface area contributed by atoms with Gasteiger partial charge in [0, 0.05) is 19.6 Å². The molecule has 0 saturated carbocycles. The minimum atomic E-state index is -5.05. The van der Waals surface area contributed by atoms with Gasteiger partial charge < -0.3 is 19.0 Å². The maximum absolute atomic E-state index is 14.2. The maximum Gasteiger partial charge on any atom is 0.453 e. The Morgan fingerprint density at radius 3 is 1.88 bits per heavy atom. The second-order valence-corrected chi connectivity index (χ2v) is 9.42. The van der Waals surface area contributed by atoms with Gasteiger partial charge >= 0.3 is 6.18 Å². The number of halogens is 3. The summed E-state index contributed by atoms with van der Waals surface area (Å²) in [5.74, 6) is -2.40. The number of phenols is 1. The lowest BCUT2D eigenvalue weighted by Gasteiger charge is -2.24. The molecule has 1 N–H and O–H groups in total. The van der Waals surface area contributed by atoms with Gasteiger partial charge in [-0.25, -0.2) is 0 Å². The molecule has 0 bridgehead atoms. The molecule has 1 aromatic heterocycles. The second-order valence-electron chi connectivity index (χ2n) is 9.42. The van der Waals surface area contributed by atoms with E-state index in [1.54, 1.807) is 0 Å². The molecule has 0 fully saturated rings. The molecule has 6 nitrogen and oxygen atoms in total. The van der Waals surface area contributed by atoms with E-state index < -0.39 is 23.1 Å². The molecule has 0 unspecified atom stereocenters. The Bertz CT molecular complexity index is 1640. The number of aromatic hydroxyl groups is 1. The van der Waals surface area contributed by atoms with Crippen molar-refractivity contribution in [3.05, 3.63) is 130 Å². The molecule has 0 aliphatic carbocycles. The summed E-state index contributed by atoms with van der Waals surface area (Å²) in [6.45, 7) is 0.868. The molecule has 5 aromatic rings. The highest BCUT2D eigenvalue weighted by atomic mass is 19.4. The Hall–Kier alpha value is -4.76. The first kappa shape index (κ1) is 27.8. The highest BCUT2D eigenvalue weighted by Gasteiger charge is 2.41. The zero-order valence-corrected chi connectivity index (χ0v) is 22.0. The van der Waals surface area contributed by atoms with E-state index in [0.717, 1.165) is 11.1 Å². The quantitative estimate of drug-likeness (QED) is 0.201. The minimum Gasteiger partial charge on any atom is -0.507 e. The van der Waals surface area contributed by atoms with Gasteiger partial charge in [0.15, 0.2) is 0 Å². The summed E-state index contributed by atoms with van der Waals surface area (Å²) in [7, 11) is 1.45. The fraction of sp³-hybridized carbons (Fsp3) is 0.156. The first-order valence-electron chi connectivity index (χ1n) is 12.7. The Morgan fingerprint density at radius 1 is 0.780 bits per heavy atom. The van der Waals surface area contributed by atoms with Crippen molar-refractivity contribution < 1.29 is 32.2 Å². The van der Waals surface area contributed by atoms with E-state index in [0.29, 0.717) is 18.8 Å². The number of hydrogen-bond donors (Lipinski definition) is 1. The Morgan fingerprint density at radius 2 is 1.34 bits per heavy atom. The summed E-state index contributed by atoms with van der Waals surface area (Å²) >= 11 is 0. The molecule has 4 aromatic carbocycles. The smallest absolute Gasteiger partial charge is 0.453 e. The van der Waals surface area contributed by atoms with Crippen LogP contribution in [0, 0.1) is 0 Å². The van der Waals surface area contributed by atoms with Gasteiger partial charge in [-0.3, -0.25) is 9.69 Å². The molecule has 1 heterocycles. The number of rotatable bonds is 9. The van der Waals surface area contributed by atoms with Crippen molar-refractivity contribution in [2.75, 3.05) is 7.11 Å². The monoisotopic (exact) mass is 561 g/mol. The van der Waals surface area contributed by atoms with Crippen LogP contribution in [-0.4, -0.2) is 17.1 Å². The number of fused-ring (bicyclic) bond motifs is 1. The van der Waals surface area contributed by atoms with Crippen molar-refractivity contribution in [2.24, 2.45) is 0 Å². The van der Waals surface area contributed by atoms with Crippen LogP contribution in [0.4, 0.5) is 13.2 Å². The zero-order chi connectivity index (χ0) is 29.0. The van der Waals surface area contributed by atoms with Gasteiger partial charge in [0.25, 0.3) is 5.76 Å². The third-order valence-electron chi connectivity index (χ3n) is 6.51. The summed E-state index contributed by atoms with van der Waals surface area (Å²) in [4.78, 5) is 15.4. The average molecular weight is 562 g/mol. The van der Waals surface area contributed by atoms with Gasteiger partial charge in [-0.05, 0) is 47.5 Å². The summed E-state index contributed by atoms with van der Waals surface area (Å²) < 4.78 is 58.6. The van der Waals surface area contributed by atoms with Crippen LogP contribution in [0.15, 0.2) is 106 Å². The van der Waals surface area contributed by atoms with Crippen LogP contribution in [0.2, 0.25) is 0 Å². The molecular formula is C32H26F3NO5. The van der Waals surface area contributed by atoms with Gasteiger partial charge in [0.05, 0.1) is 18.1 Å². The van der Waals surface area contributed by atoms with Crippen LogP contribution in [-0.2, 0) is 25.8 Å². The molecule has 0 saturated heterocycles. The summed E-state index contributed by atoms with van der Waals surface area (Å²) in [5, 5.41) is 10.7. The molecule has 210 valence electrons. The largest absolute Gasteiger partial charge is 0.507 e. The van der Waals surface area contributed by atoms with E-state index in [-0.39, 0.29) is 34.6 Å². The molecule has 0 aliphatic heterocycles. The third-order valence-corrected chi connectivity index (χ3v) is 6.51. The molecule has 0 radical (unpaired) electrons. The third kappa shape index (κ3) is 6.36. The van der Waals surface area contributed by atoms with Crippen molar-refractivity contribution >= 4 is 11.0 Å². The second kappa shape index (κ2) is 11.8. The molecule has 0 atom stereocenters. The van der Waals surface area contributed by atoms with Crippen molar-refractivity contribution in [1.29, 1.82) is 0 Å². The van der Waals surface area contributed by atoms with E-state index in [4.69, 9.17) is 13.9 Å². The predicted octanol–water partition coefficient (Wildman–Crippen LogP) is 7.52. The van der Waals surface area contributed by atoms with Crippen molar-refractivity contribution in [1.82, 2.24) is 4.90 Å². The van der Waals surface area contributed by atoms with Crippen LogP contribution in [0.5, 0.6) is 23.0 Å². The SMILES string of the molecule is COc1ccc(Oc2c(C(F)(F)F)oc3c(CN(Cc4ccccc4)Cc4ccccc4)c(O)ccc3c2=O)cc1. The summed E-state index contributed by atoms with van der Waals surface area (Å²) in [5.41, 5.74) is 0.642. The normalized spacial score (nSPS) is 11.6. The topological polar surface area (TPSA) is 72.1 Å². The minimum absolute atomic E-state index is 0.00107.